The van der Waals surface area contributed by atoms with Crippen LogP contribution in [-0.4, -0.2) is 53.8 Å². The van der Waals surface area contributed by atoms with Gasteiger partial charge in [0.2, 0.25) is 0 Å². The summed E-state index contributed by atoms with van der Waals surface area (Å²) in [5.41, 5.74) is 1.94. The number of ether oxygens (including phenoxy) is 1. The van der Waals surface area contributed by atoms with E-state index in [1.165, 1.54) is 11.3 Å². The fraction of sp³-hybridized carbons (Fsp3) is 0.500. The summed E-state index contributed by atoms with van der Waals surface area (Å²) in [4.78, 5) is 33.2. The van der Waals surface area contributed by atoms with Crippen molar-refractivity contribution in [1.29, 1.82) is 0 Å². The Morgan fingerprint density at radius 2 is 2.25 bits per heavy atom. The molecule has 152 valence electrons. The normalized spacial score (nSPS) is 19.5. The van der Waals surface area contributed by atoms with E-state index in [0.29, 0.717) is 40.1 Å². The minimum atomic E-state index is -1.26. The van der Waals surface area contributed by atoms with Gasteiger partial charge in [0.1, 0.15) is 11.9 Å². The number of halogens is 2. The van der Waals surface area contributed by atoms with Crippen molar-refractivity contribution in [3.05, 3.63) is 33.0 Å². The van der Waals surface area contributed by atoms with Crippen LogP contribution in [0.5, 0.6) is 0 Å². The number of thiazole rings is 1. The molecule has 10 heteroatoms. The second kappa shape index (κ2) is 8.48. The number of carbonyl (C=O) groups is 2. The van der Waals surface area contributed by atoms with Crippen LogP contribution in [0.2, 0.25) is 5.02 Å². The summed E-state index contributed by atoms with van der Waals surface area (Å²) < 4.78 is 19.6. The maximum absolute atomic E-state index is 14.7. The molecule has 3 rings (SSSR count). The average molecular weight is 429 g/mol. The number of aromatic amines is 1. The molecule has 7 nitrogen and oxygen atoms in total. The molecule has 1 aliphatic rings. The Labute approximate surface area is 171 Å². The van der Waals surface area contributed by atoms with Crippen LogP contribution in [0, 0.1) is 13.8 Å². The van der Waals surface area contributed by atoms with Gasteiger partial charge in [0.05, 0.1) is 24.2 Å². The summed E-state index contributed by atoms with van der Waals surface area (Å²) in [6.45, 7) is 6.13. The SMILES string of the molecule is CCOC(=O)c1csc(N2CC[C@@H](NC(=O)c3[nH]c(C)c(Cl)c3C)[C@@H](F)C2)n1. The van der Waals surface area contributed by atoms with Crippen molar-refractivity contribution in [2.24, 2.45) is 0 Å². The Morgan fingerprint density at radius 3 is 2.86 bits per heavy atom. The van der Waals surface area contributed by atoms with Crippen molar-refractivity contribution in [2.45, 2.75) is 39.4 Å². The third kappa shape index (κ3) is 4.15. The van der Waals surface area contributed by atoms with E-state index >= 15 is 0 Å². The molecule has 2 atom stereocenters. The topological polar surface area (TPSA) is 87.3 Å². The number of hydrogen-bond acceptors (Lipinski definition) is 6. The van der Waals surface area contributed by atoms with Crippen LogP contribution < -0.4 is 10.2 Å². The molecule has 0 aliphatic carbocycles. The first kappa shape index (κ1) is 20.6. The van der Waals surface area contributed by atoms with Gasteiger partial charge in [-0.1, -0.05) is 11.6 Å². The summed E-state index contributed by atoms with van der Waals surface area (Å²) in [6, 6.07) is -0.602. The number of amides is 1. The van der Waals surface area contributed by atoms with Crippen molar-refractivity contribution in [3.8, 4) is 0 Å². The first-order valence-corrected chi connectivity index (χ1v) is 10.2. The molecular weight excluding hydrogens is 407 g/mol. The van der Waals surface area contributed by atoms with E-state index in [1.54, 1.807) is 31.1 Å². The van der Waals surface area contributed by atoms with Crippen LogP contribution in [0.25, 0.3) is 0 Å². The molecule has 2 N–H and O–H groups in total. The Kier molecular flexibility index (Phi) is 6.24. The third-order valence-corrected chi connectivity index (χ3v) is 6.15. The molecule has 0 spiro atoms. The summed E-state index contributed by atoms with van der Waals surface area (Å²) in [7, 11) is 0. The lowest BCUT2D eigenvalue weighted by molar-refractivity contribution is 0.0520. The van der Waals surface area contributed by atoms with Gasteiger partial charge in [-0.15, -0.1) is 11.3 Å². The van der Waals surface area contributed by atoms with Gasteiger partial charge in [-0.25, -0.2) is 14.2 Å². The number of alkyl halides is 1. The quantitative estimate of drug-likeness (QED) is 0.714. The van der Waals surface area contributed by atoms with Gasteiger partial charge < -0.3 is 19.9 Å². The van der Waals surface area contributed by atoms with Crippen molar-refractivity contribution in [3.63, 3.8) is 0 Å². The Balaban J connectivity index is 1.61. The van der Waals surface area contributed by atoms with Gasteiger partial charge >= 0.3 is 5.97 Å². The lowest BCUT2D eigenvalue weighted by Crippen LogP contribution is -2.52. The highest BCUT2D eigenvalue weighted by Crippen LogP contribution is 2.27. The lowest BCUT2D eigenvalue weighted by Gasteiger charge is -2.34. The maximum Gasteiger partial charge on any atom is 0.357 e. The van der Waals surface area contributed by atoms with Gasteiger partial charge in [0.25, 0.3) is 5.91 Å². The van der Waals surface area contributed by atoms with Crippen LogP contribution in [0.15, 0.2) is 5.38 Å². The molecule has 28 heavy (non-hydrogen) atoms. The van der Waals surface area contributed by atoms with Gasteiger partial charge in [-0.2, -0.15) is 0 Å². The maximum atomic E-state index is 14.7. The van der Waals surface area contributed by atoms with Crippen molar-refractivity contribution >= 4 is 39.9 Å². The highest BCUT2D eigenvalue weighted by molar-refractivity contribution is 7.13. The Hall–Kier alpha value is -2.13. The number of piperidine rings is 1. The number of rotatable bonds is 5. The zero-order valence-corrected chi connectivity index (χ0v) is 17.4. The standard InChI is InChI=1S/C18H22ClFN4O3S/c1-4-27-17(26)13-8-28-18(23-13)24-6-5-12(11(20)7-24)22-16(25)15-9(2)14(19)10(3)21-15/h8,11-12,21H,4-7H2,1-3H3,(H,22,25)/t11-,12+/m0/s1. The number of aromatic nitrogens is 2. The van der Waals surface area contributed by atoms with Crippen LogP contribution >= 0.6 is 22.9 Å². The van der Waals surface area contributed by atoms with E-state index in [1.807, 2.05) is 0 Å². The molecule has 1 amide bonds. The molecule has 0 aromatic carbocycles. The number of nitrogens with zero attached hydrogens (tertiary/aromatic N) is 2. The highest BCUT2D eigenvalue weighted by atomic mass is 35.5. The van der Waals surface area contributed by atoms with Crippen LogP contribution in [0.1, 0.15) is 45.6 Å². The summed E-state index contributed by atoms with van der Waals surface area (Å²) in [5.74, 6) is -0.855. The highest BCUT2D eigenvalue weighted by Gasteiger charge is 2.32. The molecular formula is C18H22ClFN4O3S. The van der Waals surface area contributed by atoms with Gasteiger partial charge in [-0.05, 0) is 32.8 Å². The molecule has 1 aliphatic heterocycles. The van der Waals surface area contributed by atoms with E-state index in [2.05, 4.69) is 15.3 Å². The van der Waals surface area contributed by atoms with Gasteiger partial charge in [0.15, 0.2) is 10.8 Å². The lowest BCUT2D eigenvalue weighted by atomic mass is 10.0. The molecule has 2 aromatic rings. The molecule has 0 bridgehead atoms. The Bertz CT molecular complexity index is 884. The minimum absolute atomic E-state index is 0.0875. The van der Waals surface area contributed by atoms with Gasteiger partial charge in [-0.3, -0.25) is 4.79 Å². The number of carbonyl (C=O) groups excluding carboxylic acids is 2. The van der Waals surface area contributed by atoms with E-state index in [9.17, 15) is 14.0 Å². The molecule has 1 fully saturated rings. The first-order valence-electron chi connectivity index (χ1n) is 8.99. The molecule has 1 saturated heterocycles. The van der Waals surface area contributed by atoms with Crippen molar-refractivity contribution < 1.29 is 18.7 Å². The smallest absolute Gasteiger partial charge is 0.357 e. The monoisotopic (exact) mass is 428 g/mol. The number of nitrogens with one attached hydrogen (secondary N) is 2. The Morgan fingerprint density at radius 1 is 1.50 bits per heavy atom. The zero-order chi connectivity index (χ0) is 20.4. The predicted molar refractivity (Wildman–Crippen MR) is 106 cm³/mol. The van der Waals surface area contributed by atoms with Crippen LogP contribution in [0.4, 0.5) is 9.52 Å². The number of H-pyrrole nitrogens is 1. The van der Waals surface area contributed by atoms with E-state index < -0.39 is 18.2 Å². The first-order chi connectivity index (χ1) is 13.3. The number of anilines is 1. The average Bonchev–Trinajstić information content (AvgIpc) is 3.25. The second-order valence-electron chi connectivity index (χ2n) is 6.63. The van der Waals surface area contributed by atoms with Crippen molar-refractivity contribution in [2.75, 3.05) is 24.6 Å². The van der Waals surface area contributed by atoms with Gasteiger partial charge in [0, 0.05) is 17.6 Å². The van der Waals surface area contributed by atoms with E-state index in [-0.39, 0.29) is 24.8 Å². The number of hydrogen-bond donors (Lipinski definition) is 2. The number of aryl methyl sites for hydroxylation is 1. The minimum Gasteiger partial charge on any atom is -0.461 e. The fourth-order valence-electron chi connectivity index (χ4n) is 3.14. The number of esters is 1. The van der Waals surface area contributed by atoms with E-state index in [4.69, 9.17) is 16.3 Å². The molecule has 0 unspecified atom stereocenters. The predicted octanol–water partition coefficient (Wildman–Crippen LogP) is 3.26. The third-order valence-electron chi connectivity index (χ3n) is 4.68. The van der Waals surface area contributed by atoms with Crippen LogP contribution in [-0.2, 0) is 4.74 Å². The largest absolute Gasteiger partial charge is 0.461 e. The van der Waals surface area contributed by atoms with Crippen LogP contribution in [0.3, 0.4) is 0 Å². The zero-order valence-electron chi connectivity index (χ0n) is 15.8. The summed E-state index contributed by atoms with van der Waals surface area (Å²) in [6.07, 6.45) is -0.840. The molecule has 0 radical (unpaired) electrons. The summed E-state index contributed by atoms with van der Waals surface area (Å²) in [5, 5.41) is 5.44. The summed E-state index contributed by atoms with van der Waals surface area (Å²) >= 11 is 7.38. The molecule has 3 heterocycles. The van der Waals surface area contributed by atoms with Crippen molar-refractivity contribution in [1.82, 2.24) is 15.3 Å². The second-order valence-corrected chi connectivity index (χ2v) is 7.84. The molecule has 2 aromatic heterocycles. The fourth-order valence-corrected chi connectivity index (χ4v) is 4.12. The molecule has 0 saturated carbocycles. The van der Waals surface area contributed by atoms with E-state index in [0.717, 1.165) is 0 Å².